The van der Waals surface area contributed by atoms with Crippen molar-refractivity contribution in [1.82, 2.24) is 0 Å². The largest absolute Gasteiger partial charge is 0.488 e. The maximum atomic E-state index is 12.6. The zero-order valence-electron chi connectivity index (χ0n) is 13.0. The van der Waals surface area contributed by atoms with Crippen LogP contribution in [-0.2, 0) is 6.61 Å². The quantitative estimate of drug-likeness (QED) is 0.497. The average Bonchev–Trinajstić information content (AvgIpc) is 2.53. The molecule has 0 aromatic heterocycles. The molecule has 2 aromatic carbocycles. The molecule has 0 bridgehead atoms. The summed E-state index contributed by atoms with van der Waals surface area (Å²) in [4.78, 5) is 12.4. The van der Waals surface area contributed by atoms with E-state index in [0.717, 1.165) is 12.0 Å². The second-order valence-corrected chi connectivity index (χ2v) is 6.84. The molecule has 2 aromatic rings. The van der Waals surface area contributed by atoms with Crippen molar-refractivity contribution in [2.45, 2.75) is 31.7 Å². The summed E-state index contributed by atoms with van der Waals surface area (Å²) in [5.41, 5.74) is 1.73. The molecule has 0 saturated heterocycles. The van der Waals surface area contributed by atoms with Gasteiger partial charge < -0.3 is 4.74 Å². The second kappa shape index (κ2) is 8.14. The van der Waals surface area contributed by atoms with Gasteiger partial charge in [0.25, 0.3) is 0 Å². The number of ether oxygens (including phenoxy) is 1. The van der Waals surface area contributed by atoms with E-state index >= 15 is 0 Å². The standard InChI is InChI=1S/C19H21BrO2/c1-14(2)12-17(20)19(21)16-10-6-7-11-18(16)22-13-15-8-4-3-5-9-15/h3-11,14,17H,12-13H2,1-2H3. The molecule has 2 nitrogen and oxygen atoms in total. The maximum absolute atomic E-state index is 12.6. The van der Waals surface area contributed by atoms with Crippen LogP contribution in [0.1, 0.15) is 36.2 Å². The van der Waals surface area contributed by atoms with Crippen LogP contribution in [-0.4, -0.2) is 10.6 Å². The molecule has 0 aliphatic rings. The molecule has 22 heavy (non-hydrogen) atoms. The molecular weight excluding hydrogens is 340 g/mol. The lowest BCUT2D eigenvalue weighted by Gasteiger charge is -2.15. The smallest absolute Gasteiger partial charge is 0.180 e. The number of para-hydroxylation sites is 1. The van der Waals surface area contributed by atoms with Gasteiger partial charge >= 0.3 is 0 Å². The monoisotopic (exact) mass is 360 g/mol. The van der Waals surface area contributed by atoms with E-state index in [1.807, 2.05) is 54.6 Å². The van der Waals surface area contributed by atoms with E-state index in [2.05, 4.69) is 29.8 Å². The summed E-state index contributed by atoms with van der Waals surface area (Å²) in [6, 6.07) is 17.4. The highest BCUT2D eigenvalue weighted by Crippen LogP contribution is 2.25. The molecule has 0 saturated carbocycles. The Morgan fingerprint density at radius 3 is 2.36 bits per heavy atom. The van der Waals surface area contributed by atoms with Crippen LogP contribution >= 0.6 is 15.9 Å². The van der Waals surface area contributed by atoms with Gasteiger partial charge in [-0.1, -0.05) is 72.2 Å². The van der Waals surface area contributed by atoms with E-state index in [1.165, 1.54) is 0 Å². The van der Waals surface area contributed by atoms with E-state index < -0.39 is 0 Å². The number of hydrogen-bond acceptors (Lipinski definition) is 2. The van der Waals surface area contributed by atoms with E-state index in [9.17, 15) is 4.79 Å². The normalized spacial score (nSPS) is 12.2. The molecule has 0 aliphatic carbocycles. The summed E-state index contributed by atoms with van der Waals surface area (Å²) in [6.45, 7) is 4.68. The topological polar surface area (TPSA) is 26.3 Å². The van der Waals surface area contributed by atoms with Crippen molar-refractivity contribution < 1.29 is 9.53 Å². The Balaban J connectivity index is 2.11. The lowest BCUT2D eigenvalue weighted by atomic mass is 10.0. The molecule has 0 aliphatic heterocycles. The zero-order chi connectivity index (χ0) is 15.9. The zero-order valence-corrected chi connectivity index (χ0v) is 14.5. The van der Waals surface area contributed by atoms with Crippen molar-refractivity contribution >= 4 is 21.7 Å². The van der Waals surface area contributed by atoms with Gasteiger partial charge in [0.15, 0.2) is 5.78 Å². The van der Waals surface area contributed by atoms with Crippen molar-refractivity contribution in [3.8, 4) is 5.75 Å². The number of carbonyl (C=O) groups is 1. The Kier molecular flexibility index (Phi) is 6.20. The number of hydrogen-bond donors (Lipinski definition) is 0. The maximum Gasteiger partial charge on any atom is 0.180 e. The van der Waals surface area contributed by atoms with Crippen molar-refractivity contribution in [2.24, 2.45) is 5.92 Å². The highest BCUT2D eigenvalue weighted by atomic mass is 79.9. The molecule has 3 heteroatoms. The minimum atomic E-state index is -0.172. The molecule has 0 heterocycles. The first-order valence-electron chi connectivity index (χ1n) is 7.52. The molecule has 0 fully saturated rings. The Labute approximate surface area is 140 Å². The first-order valence-corrected chi connectivity index (χ1v) is 8.43. The number of ketones is 1. The first kappa shape index (κ1) is 16.8. The van der Waals surface area contributed by atoms with Crippen LogP contribution in [0, 0.1) is 5.92 Å². The van der Waals surface area contributed by atoms with Crippen LogP contribution in [0.3, 0.4) is 0 Å². The number of benzene rings is 2. The Morgan fingerprint density at radius 1 is 1.05 bits per heavy atom. The fourth-order valence-corrected chi connectivity index (χ4v) is 3.22. The summed E-state index contributed by atoms with van der Waals surface area (Å²) in [7, 11) is 0. The summed E-state index contributed by atoms with van der Waals surface area (Å²) >= 11 is 3.51. The molecule has 1 atom stereocenters. The SMILES string of the molecule is CC(C)CC(Br)C(=O)c1ccccc1OCc1ccccc1. The predicted molar refractivity (Wildman–Crippen MR) is 93.7 cm³/mol. The minimum Gasteiger partial charge on any atom is -0.488 e. The van der Waals surface area contributed by atoms with E-state index in [0.29, 0.717) is 23.8 Å². The fraction of sp³-hybridized carbons (Fsp3) is 0.316. The Morgan fingerprint density at radius 2 is 1.68 bits per heavy atom. The van der Waals surface area contributed by atoms with Gasteiger partial charge in [-0.05, 0) is 30.0 Å². The second-order valence-electron chi connectivity index (χ2n) is 5.73. The van der Waals surface area contributed by atoms with Gasteiger partial charge in [0.05, 0.1) is 10.4 Å². The number of Topliss-reactive ketones (excluding diaryl/α,β-unsaturated/α-hetero) is 1. The van der Waals surface area contributed by atoms with Crippen molar-refractivity contribution in [1.29, 1.82) is 0 Å². The number of alkyl halides is 1. The van der Waals surface area contributed by atoms with Gasteiger partial charge in [-0.15, -0.1) is 0 Å². The highest BCUT2D eigenvalue weighted by molar-refractivity contribution is 9.10. The van der Waals surface area contributed by atoms with Gasteiger partial charge in [-0.3, -0.25) is 4.79 Å². The predicted octanol–water partition coefficient (Wildman–Crippen LogP) is 5.26. The van der Waals surface area contributed by atoms with Crippen LogP contribution < -0.4 is 4.74 Å². The third-order valence-corrected chi connectivity index (χ3v) is 4.14. The van der Waals surface area contributed by atoms with Gasteiger partial charge in [-0.2, -0.15) is 0 Å². The average molecular weight is 361 g/mol. The number of halogens is 1. The van der Waals surface area contributed by atoms with Gasteiger partial charge in [0.2, 0.25) is 0 Å². The van der Waals surface area contributed by atoms with Crippen LogP contribution in [0.25, 0.3) is 0 Å². The van der Waals surface area contributed by atoms with E-state index in [1.54, 1.807) is 0 Å². The molecule has 2 rings (SSSR count). The Bertz CT molecular complexity index is 608. The molecule has 116 valence electrons. The molecule has 1 unspecified atom stereocenters. The summed E-state index contributed by atoms with van der Waals surface area (Å²) in [5.74, 6) is 1.19. The molecule has 0 radical (unpaired) electrons. The van der Waals surface area contributed by atoms with Gasteiger partial charge in [0.1, 0.15) is 12.4 Å². The van der Waals surface area contributed by atoms with Crippen LogP contribution in [0.15, 0.2) is 54.6 Å². The third-order valence-electron chi connectivity index (χ3n) is 3.35. The number of rotatable bonds is 7. The third kappa shape index (κ3) is 4.70. The lowest BCUT2D eigenvalue weighted by molar-refractivity contribution is 0.0980. The van der Waals surface area contributed by atoms with Crippen molar-refractivity contribution in [3.05, 3.63) is 65.7 Å². The Hall–Kier alpha value is -1.61. The summed E-state index contributed by atoms with van der Waals surface area (Å²) < 4.78 is 5.86. The summed E-state index contributed by atoms with van der Waals surface area (Å²) in [5, 5.41) is 0. The van der Waals surface area contributed by atoms with Crippen molar-refractivity contribution in [2.75, 3.05) is 0 Å². The molecule has 0 spiro atoms. The van der Waals surface area contributed by atoms with E-state index in [4.69, 9.17) is 4.74 Å². The molecule has 0 N–H and O–H groups in total. The lowest BCUT2D eigenvalue weighted by Crippen LogP contribution is -2.17. The minimum absolute atomic E-state index is 0.0809. The number of carbonyl (C=O) groups excluding carboxylic acids is 1. The molecule has 0 amide bonds. The van der Waals surface area contributed by atoms with Crippen LogP contribution in [0.4, 0.5) is 0 Å². The summed E-state index contributed by atoms with van der Waals surface area (Å²) in [6.07, 6.45) is 0.811. The molecular formula is C19H21BrO2. The van der Waals surface area contributed by atoms with Gasteiger partial charge in [-0.25, -0.2) is 0 Å². The van der Waals surface area contributed by atoms with Gasteiger partial charge in [0, 0.05) is 0 Å². The fourth-order valence-electron chi connectivity index (χ4n) is 2.22. The van der Waals surface area contributed by atoms with Crippen molar-refractivity contribution in [3.63, 3.8) is 0 Å². The first-order chi connectivity index (χ1) is 10.6. The van der Waals surface area contributed by atoms with E-state index in [-0.39, 0.29) is 10.6 Å². The van der Waals surface area contributed by atoms with Crippen LogP contribution in [0.5, 0.6) is 5.75 Å². The highest BCUT2D eigenvalue weighted by Gasteiger charge is 2.21. The van der Waals surface area contributed by atoms with Crippen LogP contribution in [0.2, 0.25) is 0 Å².